The summed E-state index contributed by atoms with van der Waals surface area (Å²) < 4.78 is 5.35. The Hall–Kier alpha value is -5.56. The normalized spacial score (nSPS) is 15.9. The number of nitrogens with one attached hydrogen (secondary N) is 1. The number of ether oxygens (including phenoxy) is 1. The highest BCUT2D eigenvalue weighted by Gasteiger charge is 2.46. The standard InChI is InChI=1S/C19H21NO2.C12H13N.C12H14O2.C11H15N.C9H9N.C3H6Br2.BrH/c1-15-8-10-17(11-9-15)19(12-5-13-19)20-18(21)22-14-16-6-3-2-4-7-16;1-10-3-5-11(6-4-10)12(9-13)7-2-8-12;1-9-3-5-10(6-4-9)12(11(13)14)7-2-8-12;1-9-3-5-10(6-4-9)11(12)7-2-8-11;1-8-2-4-9(5-3-8)6-7-10;4-2-1-3-5;/h2-4,6-11H,5,12-14H2,1H3,(H,20,21);3-6H,2,7-8H2,1H3;3-6H,2,7-8H2,1H3,(H,13,14);3-6H,2,7-8,12H2,1H3;2-5H,6H2,1H3;1-3H2;1H. The number of alkyl carbamates (subject to hydrolysis) is 1. The van der Waals surface area contributed by atoms with E-state index in [1.807, 2.05) is 92.7 Å². The summed E-state index contributed by atoms with van der Waals surface area (Å²) in [5.74, 6) is -0.674. The lowest BCUT2D eigenvalue weighted by molar-refractivity contribution is -0.147. The average Bonchev–Trinajstić information content (AvgIpc) is 3.37. The molecule has 0 aliphatic heterocycles. The van der Waals surface area contributed by atoms with Gasteiger partial charge in [-0.05, 0) is 145 Å². The van der Waals surface area contributed by atoms with Crippen LogP contribution in [0.5, 0.6) is 0 Å². The van der Waals surface area contributed by atoms with Crippen LogP contribution in [0.1, 0.15) is 145 Å². The number of amides is 1. The van der Waals surface area contributed by atoms with Crippen LogP contribution in [0.3, 0.4) is 0 Å². The predicted molar refractivity (Wildman–Crippen MR) is 327 cm³/mol. The molecule has 10 rings (SSSR count). The van der Waals surface area contributed by atoms with Gasteiger partial charge in [0.05, 0.1) is 34.9 Å². The molecule has 0 heterocycles. The number of nitrogens with zero attached hydrogens (tertiary/aromatic N) is 2. The Kier molecular flexibility index (Phi) is 26.4. The molecule has 0 spiro atoms. The number of rotatable bonds is 11. The second-order valence-electron chi connectivity index (χ2n) is 20.9. The number of carbonyl (C=O) groups excluding carboxylic acids is 1. The van der Waals surface area contributed by atoms with Crippen LogP contribution in [0.4, 0.5) is 4.79 Å². The number of benzene rings is 6. The number of carboxylic acids is 1. The summed E-state index contributed by atoms with van der Waals surface area (Å²) in [6, 6.07) is 55.5. The number of hydrogen-bond donors (Lipinski definition) is 3. The van der Waals surface area contributed by atoms with Gasteiger partial charge in [-0.15, -0.1) is 17.0 Å². The van der Waals surface area contributed by atoms with E-state index in [9.17, 15) is 14.7 Å². The molecule has 6 aromatic carbocycles. The highest BCUT2D eigenvalue weighted by atomic mass is 79.9. The lowest BCUT2D eigenvalue weighted by atomic mass is 9.64. The van der Waals surface area contributed by atoms with E-state index < -0.39 is 11.4 Å². The van der Waals surface area contributed by atoms with Gasteiger partial charge in [0.15, 0.2) is 0 Å². The first-order valence-electron chi connectivity index (χ1n) is 26.8. The van der Waals surface area contributed by atoms with Crippen molar-refractivity contribution in [2.24, 2.45) is 5.73 Å². The Labute approximate surface area is 487 Å². The molecule has 0 unspecified atom stereocenters. The number of aliphatic carboxylic acids is 1. The maximum Gasteiger partial charge on any atom is 0.408 e. The van der Waals surface area contributed by atoms with Crippen LogP contribution in [-0.4, -0.2) is 27.8 Å². The molecule has 4 fully saturated rings. The van der Waals surface area contributed by atoms with E-state index in [1.54, 1.807) is 0 Å². The molecule has 11 heteroatoms. The quantitative estimate of drug-likeness (QED) is 0.109. The molecule has 0 aromatic heterocycles. The van der Waals surface area contributed by atoms with Crippen LogP contribution < -0.4 is 11.1 Å². The molecule has 4 saturated carbocycles. The van der Waals surface area contributed by atoms with Gasteiger partial charge in [-0.3, -0.25) is 4.79 Å². The van der Waals surface area contributed by atoms with Crippen molar-refractivity contribution in [1.82, 2.24) is 5.32 Å². The number of alkyl halides is 2. The fourth-order valence-corrected chi connectivity index (χ4v) is 10.6. The van der Waals surface area contributed by atoms with Gasteiger partial charge in [0.2, 0.25) is 0 Å². The Morgan fingerprint density at radius 2 is 0.974 bits per heavy atom. The number of halogens is 3. The molecule has 0 radical (unpaired) electrons. The van der Waals surface area contributed by atoms with Crippen molar-refractivity contribution >= 4 is 60.9 Å². The molecule has 8 nitrogen and oxygen atoms in total. The Morgan fingerprint density at radius 1 is 0.558 bits per heavy atom. The molecule has 4 N–H and O–H groups in total. The molecule has 4 aliphatic rings. The number of hydrogen-bond acceptors (Lipinski definition) is 6. The monoisotopic (exact) mass is 1230 g/mol. The van der Waals surface area contributed by atoms with Gasteiger partial charge in [0.1, 0.15) is 6.61 Å². The number of nitrogens with two attached hydrogens (primary N) is 1. The third kappa shape index (κ3) is 18.8. The number of aryl methyl sites for hydroxylation is 5. The van der Waals surface area contributed by atoms with Gasteiger partial charge in [0, 0.05) is 16.2 Å². The molecule has 1 amide bonds. The van der Waals surface area contributed by atoms with E-state index in [-0.39, 0.29) is 39.6 Å². The lowest BCUT2D eigenvalue weighted by Crippen LogP contribution is -2.50. The molecule has 77 heavy (non-hydrogen) atoms. The third-order valence-electron chi connectivity index (χ3n) is 15.2. The van der Waals surface area contributed by atoms with Gasteiger partial charge in [-0.25, -0.2) is 4.79 Å². The number of carboxylic acid groups (broad SMARTS) is 1. The Bertz CT molecular complexity index is 2770. The van der Waals surface area contributed by atoms with Crippen molar-refractivity contribution in [3.63, 3.8) is 0 Å². The largest absolute Gasteiger partial charge is 0.481 e. The van der Waals surface area contributed by atoms with Crippen LogP contribution in [-0.2, 0) is 44.5 Å². The SMILES string of the molecule is Br.BrCCCBr.Cc1ccc(C2(C#N)CCC2)cc1.Cc1ccc(C2(C(=O)O)CCC2)cc1.Cc1ccc(C2(N)CCC2)cc1.Cc1ccc(C2(NC(=O)OCc3ccccc3)CCC2)cc1.Cc1ccc(CC#N)cc1. The van der Waals surface area contributed by atoms with E-state index in [4.69, 9.17) is 21.0 Å². The molecular formula is C66H79Br3N4O4. The van der Waals surface area contributed by atoms with Gasteiger partial charge >= 0.3 is 12.1 Å². The highest BCUT2D eigenvalue weighted by Crippen LogP contribution is 2.45. The fraction of sp³-hybridized carbons (Fsp3) is 0.394. The first-order valence-corrected chi connectivity index (χ1v) is 29.0. The number of carbonyl (C=O) groups is 2. The Balaban J connectivity index is 0.000000208. The van der Waals surface area contributed by atoms with Crippen molar-refractivity contribution in [3.05, 3.63) is 213 Å². The molecule has 408 valence electrons. The number of nitriles is 2. The van der Waals surface area contributed by atoms with E-state index in [2.05, 4.69) is 143 Å². The summed E-state index contributed by atoms with van der Waals surface area (Å²) in [6.07, 6.45) is 13.9. The van der Waals surface area contributed by atoms with E-state index in [0.717, 1.165) is 91.6 Å². The van der Waals surface area contributed by atoms with Gasteiger partial charge in [-0.2, -0.15) is 10.5 Å². The first kappa shape index (κ1) is 64.0. The maximum absolute atomic E-state index is 12.1. The molecule has 6 aromatic rings. The minimum atomic E-state index is -0.674. The van der Waals surface area contributed by atoms with Crippen molar-refractivity contribution in [3.8, 4) is 12.1 Å². The van der Waals surface area contributed by atoms with Gasteiger partial charge < -0.3 is 20.9 Å². The minimum Gasteiger partial charge on any atom is -0.481 e. The summed E-state index contributed by atoms with van der Waals surface area (Å²) in [5, 5.41) is 31.9. The predicted octanol–water partition coefficient (Wildman–Crippen LogP) is 16.9. The van der Waals surface area contributed by atoms with Crippen molar-refractivity contribution in [1.29, 1.82) is 10.5 Å². The van der Waals surface area contributed by atoms with Crippen LogP contribution in [0, 0.1) is 57.3 Å². The summed E-state index contributed by atoms with van der Waals surface area (Å²) in [5.41, 5.74) is 18.1. The summed E-state index contributed by atoms with van der Waals surface area (Å²) >= 11 is 6.56. The van der Waals surface area contributed by atoms with Crippen molar-refractivity contribution in [2.45, 2.75) is 153 Å². The second-order valence-corrected chi connectivity index (χ2v) is 22.5. The summed E-state index contributed by atoms with van der Waals surface area (Å²) in [6.45, 7) is 10.6. The molecule has 4 aliphatic carbocycles. The molecule has 0 bridgehead atoms. The zero-order chi connectivity index (χ0) is 55.0. The topological polar surface area (TPSA) is 149 Å². The first-order chi connectivity index (χ1) is 36.5. The van der Waals surface area contributed by atoms with Gasteiger partial charge in [0.25, 0.3) is 0 Å². The maximum atomic E-state index is 12.1. The lowest BCUT2D eigenvalue weighted by Gasteiger charge is -2.42. The Morgan fingerprint density at radius 3 is 1.31 bits per heavy atom. The fourth-order valence-electron chi connectivity index (χ4n) is 9.32. The van der Waals surface area contributed by atoms with Gasteiger partial charge in [-0.1, -0.05) is 218 Å². The van der Waals surface area contributed by atoms with E-state index >= 15 is 0 Å². The van der Waals surface area contributed by atoms with Crippen LogP contribution in [0.25, 0.3) is 0 Å². The van der Waals surface area contributed by atoms with Crippen molar-refractivity contribution in [2.75, 3.05) is 10.7 Å². The third-order valence-corrected chi connectivity index (χ3v) is 16.3. The van der Waals surface area contributed by atoms with Crippen molar-refractivity contribution < 1.29 is 19.4 Å². The smallest absolute Gasteiger partial charge is 0.408 e. The second kappa shape index (κ2) is 31.7. The van der Waals surface area contributed by atoms with Crippen LogP contribution >= 0.6 is 48.8 Å². The molecular weight excluding hydrogens is 1150 g/mol. The van der Waals surface area contributed by atoms with E-state index in [1.165, 1.54) is 63.8 Å². The van der Waals surface area contributed by atoms with Crippen LogP contribution in [0.15, 0.2) is 152 Å². The average molecular weight is 1230 g/mol. The minimum absolute atomic E-state index is 0. The molecule has 0 atom stereocenters. The summed E-state index contributed by atoms with van der Waals surface area (Å²) in [7, 11) is 0. The summed E-state index contributed by atoms with van der Waals surface area (Å²) in [4.78, 5) is 23.3. The zero-order valence-corrected chi connectivity index (χ0v) is 50.6. The highest BCUT2D eigenvalue weighted by molar-refractivity contribution is 9.09. The van der Waals surface area contributed by atoms with E-state index in [0.29, 0.717) is 13.0 Å². The zero-order valence-electron chi connectivity index (χ0n) is 45.8. The molecule has 0 saturated heterocycles. The van der Waals surface area contributed by atoms with Crippen LogP contribution in [0.2, 0.25) is 0 Å².